The van der Waals surface area contributed by atoms with Crippen LogP contribution in [0.5, 0.6) is 11.5 Å². The van der Waals surface area contributed by atoms with Crippen LogP contribution in [0.3, 0.4) is 0 Å². The molecule has 0 aliphatic rings. The molecule has 2 aromatic carbocycles. The van der Waals surface area contributed by atoms with Crippen LogP contribution in [0.15, 0.2) is 48.5 Å². The molecule has 0 amide bonds. The van der Waals surface area contributed by atoms with Gasteiger partial charge in [-0.3, -0.25) is 10.8 Å². The molecule has 0 bridgehead atoms. The highest BCUT2D eigenvalue weighted by molar-refractivity contribution is 5.90. The summed E-state index contributed by atoms with van der Waals surface area (Å²) in [6, 6.07) is 14.0. The Kier molecular flexibility index (Phi) is 5.24. The van der Waals surface area contributed by atoms with Crippen LogP contribution in [-0.2, 0) is 0 Å². The number of nitrogens with two attached hydrogens (primary N) is 2. The summed E-state index contributed by atoms with van der Waals surface area (Å²) < 4.78 is 10.9. The lowest BCUT2D eigenvalue weighted by Crippen LogP contribution is -2.20. The van der Waals surface area contributed by atoms with Crippen LogP contribution in [0, 0.1) is 10.8 Å². The van der Waals surface area contributed by atoms with Gasteiger partial charge in [0.15, 0.2) is 11.9 Å². The van der Waals surface area contributed by atoms with Gasteiger partial charge in [0.25, 0.3) is 0 Å². The molecular weight excluding hydrogens is 296 g/mol. The molecule has 8 nitrogen and oxygen atoms in total. The van der Waals surface area contributed by atoms with Gasteiger partial charge < -0.3 is 31.6 Å². The first-order valence-corrected chi connectivity index (χ1v) is 6.71. The first-order valence-electron chi connectivity index (χ1n) is 6.71. The fourth-order valence-corrected chi connectivity index (χ4v) is 1.75. The summed E-state index contributed by atoms with van der Waals surface area (Å²) >= 11 is 0. The second-order valence-electron chi connectivity index (χ2n) is 4.53. The fourth-order valence-electron chi connectivity index (χ4n) is 1.75. The highest BCUT2D eigenvalue weighted by atomic mass is 16.7. The van der Waals surface area contributed by atoms with Gasteiger partial charge in [-0.05, 0) is 48.5 Å². The standard InChI is InChI=1S/C15H18N6O2/c16-14(17)20-10-1-5-12(6-2-10)22-9-23-13-7-3-11(4-8-13)21-15(18)19/h1-8H,9H2,(H4,16,17,20)(H4,18,19,21). The molecule has 0 spiro atoms. The molecule has 0 aliphatic carbocycles. The number of hydrogen-bond donors (Lipinski definition) is 6. The van der Waals surface area contributed by atoms with Gasteiger partial charge in [-0.1, -0.05) is 0 Å². The monoisotopic (exact) mass is 314 g/mol. The first kappa shape index (κ1) is 16.0. The Morgan fingerprint density at radius 2 is 1.09 bits per heavy atom. The second-order valence-corrected chi connectivity index (χ2v) is 4.53. The molecule has 23 heavy (non-hydrogen) atoms. The quantitative estimate of drug-likeness (QED) is 0.272. The van der Waals surface area contributed by atoms with Crippen molar-refractivity contribution in [1.82, 2.24) is 0 Å². The van der Waals surface area contributed by atoms with Gasteiger partial charge in [-0.25, -0.2) is 0 Å². The molecule has 0 fully saturated rings. The van der Waals surface area contributed by atoms with Crippen LogP contribution in [0.2, 0.25) is 0 Å². The van der Waals surface area contributed by atoms with Crippen molar-refractivity contribution in [3.05, 3.63) is 48.5 Å². The largest absolute Gasteiger partial charge is 0.458 e. The summed E-state index contributed by atoms with van der Waals surface area (Å²) in [7, 11) is 0. The third-order valence-electron chi connectivity index (χ3n) is 2.72. The zero-order valence-electron chi connectivity index (χ0n) is 12.3. The maximum atomic E-state index is 7.14. The maximum absolute atomic E-state index is 7.14. The molecule has 0 aromatic heterocycles. The average Bonchev–Trinajstić information content (AvgIpc) is 2.50. The molecule has 8 N–H and O–H groups in total. The van der Waals surface area contributed by atoms with Crippen molar-refractivity contribution < 1.29 is 9.47 Å². The Hall–Kier alpha value is -3.42. The minimum absolute atomic E-state index is 0.0545. The number of guanidine groups is 2. The Balaban J connectivity index is 1.80. The Labute approximate surface area is 133 Å². The van der Waals surface area contributed by atoms with E-state index < -0.39 is 0 Å². The molecule has 2 aromatic rings. The van der Waals surface area contributed by atoms with Crippen LogP contribution < -0.4 is 31.6 Å². The van der Waals surface area contributed by atoms with E-state index in [1.807, 2.05) is 0 Å². The minimum atomic E-state index is -0.121. The van der Waals surface area contributed by atoms with Gasteiger partial charge in [-0.15, -0.1) is 0 Å². The summed E-state index contributed by atoms with van der Waals surface area (Å²) in [5.74, 6) is 1.03. The van der Waals surface area contributed by atoms with Crippen molar-refractivity contribution in [3.8, 4) is 11.5 Å². The summed E-state index contributed by atoms with van der Waals surface area (Å²) in [6.07, 6.45) is 0. The molecular formula is C15H18N6O2. The molecule has 0 saturated heterocycles. The minimum Gasteiger partial charge on any atom is -0.458 e. The van der Waals surface area contributed by atoms with Gasteiger partial charge >= 0.3 is 0 Å². The van der Waals surface area contributed by atoms with Crippen molar-refractivity contribution in [2.75, 3.05) is 17.4 Å². The van der Waals surface area contributed by atoms with E-state index in [1.165, 1.54) is 0 Å². The molecule has 0 aliphatic heterocycles. The molecule has 0 saturated carbocycles. The van der Waals surface area contributed by atoms with E-state index in [0.717, 1.165) is 0 Å². The highest BCUT2D eigenvalue weighted by Gasteiger charge is 1.99. The summed E-state index contributed by atoms with van der Waals surface area (Å²) in [4.78, 5) is 0. The maximum Gasteiger partial charge on any atom is 0.230 e. The number of ether oxygens (including phenoxy) is 2. The third kappa shape index (κ3) is 5.46. The highest BCUT2D eigenvalue weighted by Crippen LogP contribution is 2.18. The van der Waals surface area contributed by atoms with E-state index in [1.54, 1.807) is 48.5 Å². The topological polar surface area (TPSA) is 142 Å². The van der Waals surface area contributed by atoms with Gasteiger partial charge in [-0.2, -0.15) is 0 Å². The predicted molar refractivity (Wildman–Crippen MR) is 90.1 cm³/mol. The summed E-state index contributed by atoms with van der Waals surface area (Å²) in [6.45, 7) is 0.0545. The lowest BCUT2D eigenvalue weighted by molar-refractivity contribution is 0.120. The van der Waals surface area contributed by atoms with Crippen LogP contribution in [-0.4, -0.2) is 18.7 Å². The molecule has 8 heteroatoms. The van der Waals surface area contributed by atoms with E-state index in [2.05, 4.69) is 10.6 Å². The van der Waals surface area contributed by atoms with Crippen molar-refractivity contribution >= 4 is 23.3 Å². The third-order valence-corrected chi connectivity index (χ3v) is 2.72. The summed E-state index contributed by atoms with van der Waals surface area (Å²) in [5.41, 5.74) is 11.9. The van der Waals surface area contributed by atoms with Crippen molar-refractivity contribution in [2.45, 2.75) is 0 Å². The van der Waals surface area contributed by atoms with Crippen LogP contribution in [0.1, 0.15) is 0 Å². The molecule has 120 valence electrons. The smallest absolute Gasteiger partial charge is 0.230 e. The molecule has 0 atom stereocenters. The molecule has 0 unspecified atom stereocenters. The van der Waals surface area contributed by atoms with Gasteiger partial charge in [0.2, 0.25) is 6.79 Å². The molecule has 0 radical (unpaired) electrons. The van der Waals surface area contributed by atoms with Gasteiger partial charge in [0.05, 0.1) is 0 Å². The normalized spacial score (nSPS) is 9.74. The van der Waals surface area contributed by atoms with E-state index >= 15 is 0 Å². The first-order chi connectivity index (χ1) is 11.0. The predicted octanol–water partition coefficient (Wildman–Crippen LogP) is 1.71. The zero-order valence-corrected chi connectivity index (χ0v) is 12.3. The summed E-state index contributed by atoms with van der Waals surface area (Å²) in [5, 5.41) is 19.6. The van der Waals surface area contributed by atoms with Crippen molar-refractivity contribution in [1.29, 1.82) is 10.8 Å². The Bertz CT molecular complexity index is 610. The van der Waals surface area contributed by atoms with E-state index in [9.17, 15) is 0 Å². The fraction of sp³-hybridized carbons (Fsp3) is 0.0667. The van der Waals surface area contributed by atoms with Crippen molar-refractivity contribution in [2.24, 2.45) is 11.5 Å². The molecule has 2 rings (SSSR count). The number of rotatable bonds is 6. The van der Waals surface area contributed by atoms with Crippen molar-refractivity contribution in [3.63, 3.8) is 0 Å². The number of nitrogens with one attached hydrogen (secondary N) is 4. The number of hydrogen-bond acceptors (Lipinski definition) is 4. The van der Waals surface area contributed by atoms with E-state index in [-0.39, 0.29) is 18.7 Å². The lowest BCUT2D eigenvalue weighted by Gasteiger charge is -2.10. The second kappa shape index (κ2) is 7.55. The van der Waals surface area contributed by atoms with Gasteiger partial charge in [0.1, 0.15) is 11.5 Å². The van der Waals surface area contributed by atoms with Crippen LogP contribution in [0.25, 0.3) is 0 Å². The van der Waals surface area contributed by atoms with Crippen LogP contribution in [0.4, 0.5) is 11.4 Å². The number of anilines is 2. The average molecular weight is 314 g/mol. The number of benzene rings is 2. The SMILES string of the molecule is N=C(N)Nc1ccc(OCOc2ccc(NC(=N)N)cc2)cc1. The van der Waals surface area contributed by atoms with E-state index in [4.69, 9.17) is 31.8 Å². The Morgan fingerprint density at radius 1 is 0.739 bits per heavy atom. The molecule has 0 heterocycles. The van der Waals surface area contributed by atoms with Gasteiger partial charge in [0, 0.05) is 11.4 Å². The Morgan fingerprint density at radius 3 is 1.39 bits per heavy atom. The van der Waals surface area contributed by atoms with Crippen LogP contribution >= 0.6 is 0 Å². The zero-order chi connectivity index (χ0) is 16.7. The van der Waals surface area contributed by atoms with E-state index in [0.29, 0.717) is 22.9 Å². The lowest BCUT2D eigenvalue weighted by atomic mass is 10.3.